The van der Waals surface area contributed by atoms with Crippen LogP contribution in [-0.4, -0.2) is 17.1 Å². The van der Waals surface area contributed by atoms with Gasteiger partial charge in [-0.2, -0.15) is 0 Å². The standard InChI is InChI=1S/C16H18ClNO2S/c1-3-20-16-14(17)5-4-6-15(16)18-11-12-7-9-13(10-8-12)21(2)19/h4-10,18H,3,11H2,1-2H3/t21-/m0/s1. The minimum Gasteiger partial charge on any atom is -0.490 e. The van der Waals surface area contributed by atoms with E-state index < -0.39 is 10.8 Å². The second kappa shape index (κ2) is 7.48. The molecule has 0 aliphatic heterocycles. The number of anilines is 1. The molecule has 0 saturated carbocycles. The molecule has 0 bridgehead atoms. The number of rotatable bonds is 6. The number of hydrogen-bond donors (Lipinski definition) is 1. The Morgan fingerprint density at radius 2 is 1.90 bits per heavy atom. The van der Waals surface area contributed by atoms with E-state index in [9.17, 15) is 4.21 Å². The molecule has 5 heteroatoms. The molecule has 3 nitrogen and oxygen atoms in total. The monoisotopic (exact) mass is 323 g/mol. The summed E-state index contributed by atoms with van der Waals surface area (Å²) in [6, 6.07) is 13.3. The summed E-state index contributed by atoms with van der Waals surface area (Å²) < 4.78 is 16.9. The molecule has 2 rings (SSSR count). The smallest absolute Gasteiger partial charge is 0.160 e. The van der Waals surface area contributed by atoms with Crippen LogP contribution in [0.15, 0.2) is 47.4 Å². The van der Waals surface area contributed by atoms with Crippen molar-refractivity contribution in [1.29, 1.82) is 0 Å². The number of benzene rings is 2. The molecule has 21 heavy (non-hydrogen) atoms. The van der Waals surface area contributed by atoms with E-state index in [1.807, 2.05) is 49.4 Å². The summed E-state index contributed by atoms with van der Waals surface area (Å²) in [5.74, 6) is 0.674. The lowest BCUT2D eigenvalue weighted by Gasteiger charge is -2.13. The quantitative estimate of drug-likeness (QED) is 0.870. The first-order chi connectivity index (χ1) is 10.1. The van der Waals surface area contributed by atoms with Crippen LogP contribution in [0.5, 0.6) is 5.75 Å². The topological polar surface area (TPSA) is 38.3 Å². The minimum absolute atomic E-state index is 0.565. The third kappa shape index (κ3) is 4.22. The molecule has 0 heterocycles. The number of hydrogen-bond acceptors (Lipinski definition) is 3. The Balaban J connectivity index is 2.09. The van der Waals surface area contributed by atoms with E-state index in [1.54, 1.807) is 6.26 Å². The second-order valence-electron chi connectivity index (χ2n) is 4.50. The van der Waals surface area contributed by atoms with Gasteiger partial charge in [0.25, 0.3) is 0 Å². The van der Waals surface area contributed by atoms with Crippen LogP contribution in [0.1, 0.15) is 12.5 Å². The van der Waals surface area contributed by atoms with Gasteiger partial charge < -0.3 is 10.1 Å². The fraction of sp³-hybridized carbons (Fsp3) is 0.250. The van der Waals surface area contributed by atoms with Crippen molar-refractivity contribution in [3.8, 4) is 5.75 Å². The van der Waals surface area contributed by atoms with Gasteiger partial charge in [0.15, 0.2) is 5.75 Å². The molecule has 0 aromatic heterocycles. The summed E-state index contributed by atoms with van der Waals surface area (Å²) in [7, 11) is -0.944. The van der Waals surface area contributed by atoms with Crippen molar-refractivity contribution in [3.63, 3.8) is 0 Å². The van der Waals surface area contributed by atoms with Gasteiger partial charge in [0.2, 0.25) is 0 Å². The SMILES string of the molecule is CCOc1c(Cl)cccc1NCc1ccc([S@](C)=O)cc1. The van der Waals surface area contributed by atoms with Gasteiger partial charge in [0.1, 0.15) is 0 Å². The highest BCUT2D eigenvalue weighted by atomic mass is 35.5. The Morgan fingerprint density at radius 1 is 1.19 bits per heavy atom. The zero-order valence-corrected chi connectivity index (χ0v) is 13.6. The Morgan fingerprint density at radius 3 is 2.52 bits per heavy atom. The molecule has 2 aromatic rings. The molecule has 0 amide bonds. The summed E-state index contributed by atoms with van der Waals surface area (Å²) in [6.45, 7) is 3.14. The Bertz CT molecular complexity index is 629. The maximum atomic E-state index is 11.4. The largest absolute Gasteiger partial charge is 0.490 e. The molecule has 0 spiro atoms. The Labute approximate surface area is 132 Å². The normalized spacial score (nSPS) is 12.0. The predicted octanol–water partition coefficient (Wildman–Crippen LogP) is 4.09. The molecule has 112 valence electrons. The average Bonchev–Trinajstić information content (AvgIpc) is 2.48. The zero-order chi connectivity index (χ0) is 15.2. The highest BCUT2D eigenvalue weighted by Crippen LogP contribution is 2.33. The van der Waals surface area contributed by atoms with E-state index >= 15 is 0 Å². The maximum Gasteiger partial charge on any atom is 0.160 e. The van der Waals surface area contributed by atoms with Crippen LogP contribution in [0.2, 0.25) is 5.02 Å². The van der Waals surface area contributed by atoms with Crippen LogP contribution >= 0.6 is 11.6 Å². The third-order valence-corrected chi connectivity index (χ3v) is 4.23. The molecule has 0 unspecified atom stereocenters. The second-order valence-corrected chi connectivity index (χ2v) is 6.29. The first kappa shape index (κ1) is 15.9. The molecular formula is C16H18ClNO2S. The lowest BCUT2D eigenvalue weighted by Crippen LogP contribution is -2.03. The average molecular weight is 324 g/mol. The van der Waals surface area contributed by atoms with E-state index in [1.165, 1.54) is 0 Å². The zero-order valence-electron chi connectivity index (χ0n) is 12.1. The van der Waals surface area contributed by atoms with Crippen LogP contribution < -0.4 is 10.1 Å². The van der Waals surface area contributed by atoms with Gasteiger partial charge in [-0.05, 0) is 36.8 Å². The number of ether oxygens (including phenoxy) is 1. The lowest BCUT2D eigenvalue weighted by molar-refractivity contribution is 0.342. The first-order valence-corrected chi connectivity index (χ1v) is 8.63. The van der Waals surface area contributed by atoms with Gasteiger partial charge in [-0.15, -0.1) is 0 Å². The van der Waals surface area contributed by atoms with Crippen molar-refractivity contribution in [2.45, 2.75) is 18.4 Å². The summed E-state index contributed by atoms with van der Waals surface area (Å²) in [5, 5.41) is 3.91. The molecule has 2 aromatic carbocycles. The molecular weight excluding hydrogens is 306 g/mol. The minimum atomic E-state index is -0.944. The van der Waals surface area contributed by atoms with Crippen LogP contribution in [0.3, 0.4) is 0 Å². The van der Waals surface area contributed by atoms with Crippen LogP contribution in [-0.2, 0) is 17.3 Å². The molecule has 0 fully saturated rings. The van der Waals surface area contributed by atoms with E-state index in [-0.39, 0.29) is 0 Å². The molecule has 0 aliphatic carbocycles. The van der Waals surface area contributed by atoms with Crippen LogP contribution in [0, 0.1) is 0 Å². The highest BCUT2D eigenvalue weighted by Gasteiger charge is 2.07. The predicted molar refractivity (Wildman–Crippen MR) is 88.7 cm³/mol. The van der Waals surface area contributed by atoms with E-state index in [4.69, 9.17) is 16.3 Å². The van der Waals surface area contributed by atoms with Gasteiger partial charge in [0, 0.05) is 28.5 Å². The maximum absolute atomic E-state index is 11.4. The van der Waals surface area contributed by atoms with Crippen molar-refractivity contribution in [3.05, 3.63) is 53.1 Å². The summed E-state index contributed by atoms with van der Waals surface area (Å²) in [6.07, 6.45) is 1.67. The van der Waals surface area contributed by atoms with Crippen molar-refractivity contribution in [2.24, 2.45) is 0 Å². The lowest BCUT2D eigenvalue weighted by atomic mass is 10.2. The fourth-order valence-electron chi connectivity index (χ4n) is 1.94. The first-order valence-electron chi connectivity index (χ1n) is 6.69. The van der Waals surface area contributed by atoms with Crippen LogP contribution in [0.25, 0.3) is 0 Å². The summed E-state index contributed by atoms with van der Waals surface area (Å²) in [5.41, 5.74) is 1.97. The molecule has 0 radical (unpaired) electrons. The van der Waals surface area contributed by atoms with Gasteiger partial charge in [-0.25, -0.2) is 0 Å². The van der Waals surface area contributed by atoms with E-state index in [2.05, 4.69) is 5.32 Å². The third-order valence-electron chi connectivity index (χ3n) is 2.99. The Hall–Kier alpha value is -1.52. The van der Waals surface area contributed by atoms with Crippen LogP contribution in [0.4, 0.5) is 5.69 Å². The van der Waals surface area contributed by atoms with E-state index in [0.29, 0.717) is 23.9 Å². The summed E-state index contributed by atoms with van der Waals surface area (Å²) in [4.78, 5) is 0.830. The van der Waals surface area contributed by atoms with Gasteiger partial charge in [-0.3, -0.25) is 4.21 Å². The van der Waals surface area contributed by atoms with Crippen molar-refractivity contribution in [2.75, 3.05) is 18.2 Å². The Kier molecular flexibility index (Phi) is 5.65. The van der Waals surface area contributed by atoms with Gasteiger partial charge in [-0.1, -0.05) is 29.8 Å². The van der Waals surface area contributed by atoms with Gasteiger partial charge >= 0.3 is 0 Å². The highest BCUT2D eigenvalue weighted by molar-refractivity contribution is 7.84. The number of nitrogens with one attached hydrogen (secondary N) is 1. The fourth-order valence-corrected chi connectivity index (χ4v) is 2.68. The van der Waals surface area contributed by atoms with Gasteiger partial charge in [0.05, 0.1) is 17.3 Å². The molecule has 1 atom stereocenters. The van der Waals surface area contributed by atoms with Crippen molar-refractivity contribution < 1.29 is 8.95 Å². The molecule has 0 saturated heterocycles. The molecule has 1 N–H and O–H groups in total. The molecule has 0 aliphatic rings. The van der Waals surface area contributed by atoms with Crippen molar-refractivity contribution in [1.82, 2.24) is 0 Å². The van der Waals surface area contributed by atoms with E-state index in [0.717, 1.165) is 16.1 Å². The number of halogens is 1. The summed E-state index contributed by atoms with van der Waals surface area (Å²) >= 11 is 6.15. The number of para-hydroxylation sites is 1. The van der Waals surface area contributed by atoms with Crippen molar-refractivity contribution >= 4 is 28.1 Å².